The molecule has 7 heteroatoms. The molecule has 0 spiro atoms. The van der Waals surface area contributed by atoms with E-state index >= 15 is 0 Å². The summed E-state index contributed by atoms with van der Waals surface area (Å²) in [7, 11) is 0. The van der Waals surface area contributed by atoms with Crippen LogP contribution < -0.4 is 0 Å². The zero-order valence-electron chi connectivity index (χ0n) is 8.10. The highest BCUT2D eigenvalue weighted by Gasteiger charge is 2.42. The molecule has 88 valence electrons. The summed E-state index contributed by atoms with van der Waals surface area (Å²) >= 11 is 2.83. The van der Waals surface area contributed by atoms with Crippen molar-refractivity contribution in [2.75, 3.05) is 18.4 Å². The molecule has 0 aliphatic heterocycles. The van der Waals surface area contributed by atoms with Crippen LogP contribution in [-0.4, -0.2) is 41.2 Å². The second-order valence-corrected chi connectivity index (χ2v) is 3.46. The van der Waals surface area contributed by atoms with E-state index < -0.39 is 24.4 Å². The minimum atomic E-state index is -4.91. The standard InChI is InChI=1S/C8H11BrF3NO2/c1-2-3-13(5-6(14)4-9)7(15)8(10,11)12/h2-5H2,1H3. The zero-order valence-corrected chi connectivity index (χ0v) is 9.69. The van der Waals surface area contributed by atoms with Crippen LogP contribution in [0.1, 0.15) is 13.3 Å². The molecule has 0 fully saturated rings. The summed E-state index contributed by atoms with van der Waals surface area (Å²) in [5.41, 5.74) is 0. The van der Waals surface area contributed by atoms with Crippen LogP contribution in [0.5, 0.6) is 0 Å². The van der Waals surface area contributed by atoms with Gasteiger partial charge < -0.3 is 4.90 Å². The van der Waals surface area contributed by atoms with E-state index in [1.54, 1.807) is 6.92 Å². The van der Waals surface area contributed by atoms with E-state index in [9.17, 15) is 22.8 Å². The third-order valence-corrected chi connectivity index (χ3v) is 2.16. The van der Waals surface area contributed by atoms with E-state index in [1.807, 2.05) is 0 Å². The number of hydrogen-bond acceptors (Lipinski definition) is 2. The van der Waals surface area contributed by atoms with Crippen molar-refractivity contribution >= 4 is 27.6 Å². The number of carbonyl (C=O) groups is 2. The normalized spacial score (nSPS) is 11.3. The van der Waals surface area contributed by atoms with Gasteiger partial charge in [0, 0.05) is 6.54 Å². The zero-order chi connectivity index (χ0) is 12.1. The first kappa shape index (κ1) is 14.4. The molecule has 0 unspecified atom stereocenters. The number of carbonyl (C=O) groups excluding carboxylic acids is 2. The van der Waals surface area contributed by atoms with E-state index in [1.165, 1.54) is 0 Å². The summed E-state index contributed by atoms with van der Waals surface area (Å²) < 4.78 is 36.2. The molecular weight excluding hydrogens is 279 g/mol. The van der Waals surface area contributed by atoms with Gasteiger partial charge in [0.2, 0.25) is 0 Å². The van der Waals surface area contributed by atoms with Crippen molar-refractivity contribution in [1.82, 2.24) is 4.90 Å². The van der Waals surface area contributed by atoms with Gasteiger partial charge in [0.25, 0.3) is 0 Å². The van der Waals surface area contributed by atoms with Crippen LogP contribution in [-0.2, 0) is 9.59 Å². The maximum absolute atomic E-state index is 12.1. The first-order valence-electron chi connectivity index (χ1n) is 4.26. The van der Waals surface area contributed by atoms with Gasteiger partial charge in [0.1, 0.15) is 0 Å². The fraction of sp³-hybridized carbons (Fsp3) is 0.750. The number of hydrogen-bond donors (Lipinski definition) is 0. The lowest BCUT2D eigenvalue weighted by atomic mass is 10.3. The van der Waals surface area contributed by atoms with Gasteiger partial charge in [-0.2, -0.15) is 13.2 Å². The van der Waals surface area contributed by atoms with Crippen molar-refractivity contribution < 1.29 is 22.8 Å². The maximum atomic E-state index is 12.1. The van der Waals surface area contributed by atoms with Gasteiger partial charge in [-0.3, -0.25) is 9.59 Å². The van der Waals surface area contributed by atoms with Crippen LogP contribution in [0.2, 0.25) is 0 Å². The number of ketones is 1. The Balaban J connectivity index is 4.52. The number of nitrogens with zero attached hydrogens (tertiary/aromatic N) is 1. The monoisotopic (exact) mass is 289 g/mol. The fourth-order valence-corrected chi connectivity index (χ4v) is 1.13. The molecule has 0 aliphatic carbocycles. The molecule has 0 rings (SSSR count). The number of rotatable bonds is 5. The number of Topliss-reactive ketones (excluding diaryl/α,β-unsaturated/α-hetero) is 1. The molecule has 0 bridgehead atoms. The van der Waals surface area contributed by atoms with Gasteiger partial charge in [-0.25, -0.2) is 0 Å². The molecule has 0 aliphatic rings. The van der Waals surface area contributed by atoms with E-state index in [2.05, 4.69) is 15.9 Å². The maximum Gasteiger partial charge on any atom is 0.471 e. The van der Waals surface area contributed by atoms with Crippen molar-refractivity contribution in [2.45, 2.75) is 19.5 Å². The molecule has 0 N–H and O–H groups in total. The molecule has 15 heavy (non-hydrogen) atoms. The molecule has 1 amide bonds. The summed E-state index contributed by atoms with van der Waals surface area (Å²) in [6, 6.07) is 0. The number of halogens is 4. The molecule has 0 aromatic carbocycles. The Hall–Kier alpha value is -0.590. The highest BCUT2D eigenvalue weighted by molar-refractivity contribution is 9.09. The summed E-state index contributed by atoms with van der Waals surface area (Å²) in [4.78, 5) is 22.3. The van der Waals surface area contributed by atoms with Crippen LogP contribution in [0.25, 0.3) is 0 Å². The molecule has 0 atom stereocenters. The van der Waals surface area contributed by atoms with E-state index in [0.717, 1.165) is 0 Å². The Morgan fingerprint density at radius 1 is 1.33 bits per heavy atom. The number of amides is 1. The molecule has 0 radical (unpaired) electrons. The van der Waals surface area contributed by atoms with Gasteiger partial charge in [-0.05, 0) is 6.42 Å². The van der Waals surface area contributed by atoms with Gasteiger partial charge in [0.15, 0.2) is 5.78 Å². The van der Waals surface area contributed by atoms with Crippen LogP contribution >= 0.6 is 15.9 Å². The number of alkyl halides is 4. The second kappa shape index (κ2) is 6.09. The van der Waals surface area contributed by atoms with Crippen molar-refractivity contribution in [3.63, 3.8) is 0 Å². The molecule has 0 saturated heterocycles. The first-order valence-corrected chi connectivity index (χ1v) is 5.38. The summed E-state index contributed by atoms with van der Waals surface area (Å²) in [6.45, 7) is 1.06. The first-order chi connectivity index (χ1) is 6.82. The Morgan fingerprint density at radius 2 is 1.87 bits per heavy atom. The van der Waals surface area contributed by atoms with E-state index in [-0.39, 0.29) is 11.9 Å². The molecule has 0 aromatic rings. The van der Waals surface area contributed by atoms with Gasteiger partial charge in [-0.1, -0.05) is 22.9 Å². The van der Waals surface area contributed by atoms with Crippen LogP contribution in [0.4, 0.5) is 13.2 Å². The van der Waals surface area contributed by atoms with Gasteiger partial charge >= 0.3 is 12.1 Å². The Labute approximate surface area is 93.7 Å². The predicted molar refractivity (Wildman–Crippen MR) is 51.7 cm³/mol. The Bertz CT molecular complexity index is 243. The van der Waals surface area contributed by atoms with Crippen LogP contribution in [0.15, 0.2) is 0 Å². The molecule has 0 aromatic heterocycles. The highest BCUT2D eigenvalue weighted by atomic mass is 79.9. The quantitative estimate of drug-likeness (QED) is 0.723. The van der Waals surface area contributed by atoms with Crippen molar-refractivity contribution in [3.8, 4) is 0 Å². The van der Waals surface area contributed by atoms with E-state index in [4.69, 9.17) is 0 Å². The third-order valence-electron chi connectivity index (χ3n) is 1.54. The minimum absolute atomic E-state index is 0.0572. The SMILES string of the molecule is CCCN(CC(=O)CBr)C(=O)C(F)(F)F. The Morgan fingerprint density at radius 3 is 2.20 bits per heavy atom. The molecule has 0 heterocycles. The summed E-state index contributed by atoms with van der Waals surface area (Å²) in [5, 5.41) is -0.0572. The predicted octanol–water partition coefficient (Wildman–Crippen LogP) is 1.75. The van der Waals surface area contributed by atoms with Crippen molar-refractivity contribution in [1.29, 1.82) is 0 Å². The lowest BCUT2D eigenvalue weighted by molar-refractivity contribution is -0.185. The second-order valence-electron chi connectivity index (χ2n) is 2.90. The third kappa shape index (κ3) is 5.15. The smallest absolute Gasteiger partial charge is 0.328 e. The fourth-order valence-electron chi connectivity index (χ4n) is 0.957. The highest BCUT2D eigenvalue weighted by Crippen LogP contribution is 2.18. The topological polar surface area (TPSA) is 37.4 Å². The van der Waals surface area contributed by atoms with Gasteiger partial charge in [0.05, 0.1) is 11.9 Å². The van der Waals surface area contributed by atoms with Crippen molar-refractivity contribution in [2.24, 2.45) is 0 Å². The Kier molecular flexibility index (Phi) is 5.85. The lowest BCUT2D eigenvalue weighted by Crippen LogP contribution is -2.44. The average molecular weight is 290 g/mol. The molecular formula is C8H11BrF3NO2. The average Bonchev–Trinajstić information content (AvgIpc) is 2.14. The van der Waals surface area contributed by atoms with E-state index in [0.29, 0.717) is 11.3 Å². The lowest BCUT2D eigenvalue weighted by Gasteiger charge is -2.21. The van der Waals surface area contributed by atoms with Crippen LogP contribution in [0.3, 0.4) is 0 Å². The van der Waals surface area contributed by atoms with Crippen molar-refractivity contribution in [3.05, 3.63) is 0 Å². The summed E-state index contributed by atoms with van der Waals surface area (Å²) in [5.74, 6) is -2.42. The largest absolute Gasteiger partial charge is 0.471 e. The molecule has 0 saturated carbocycles. The summed E-state index contributed by atoms with van der Waals surface area (Å²) in [6.07, 6.45) is -4.54. The van der Waals surface area contributed by atoms with Gasteiger partial charge in [-0.15, -0.1) is 0 Å². The van der Waals surface area contributed by atoms with Crippen LogP contribution in [0, 0.1) is 0 Å². The molecule has 3 nitrogen and oxygen atoms in total. The minimum Gasteiger partial charge on any atom is -0.328 e.